The molecule has 276 valence electrons. The summed E-state index contributed by atoms with van der Waals surface area (Å²) in [7, 11) is -2.41. The van der Waals surface area contributed by atoms with E-state index in [9.17, 15) is 32.7 Å². The smallest absolute Gasteiger partial charge is 0.407 e. The molecule has 2 amide bonds. The normalized spacial score (nSPS) is 16.4. The van der Waals surface area contributed by atoms with Gasteiger partial charge in [-0.15, -0.1) is 0 Å². The average molecular weight is 719 g/mol. The number of aliphatic carboxylic acids is 1. The number of rotatable bonds is 19. The van der Waals surface area contributed by atoms with Gasteiger partial charge in [0.25, 0.3) is 0 Å². The molecule has 4 atom stereocenters. The number of sulfonamides is 1. The second-order valence-corrected chi connectivity index (χ2v) is 14.9. The molecule has 0 saturated carbocycles. The molecule has 2 aromatic carbocycles. The number of carbonyl (C=O) groups is 4. The van der Waals surface area contributed by atoms with Crippen molar-refractivity contribution in [2.45, 2.75) is 82.6 Å². The van der Waals surface area contributed by atoms with Gasteiger partial charge in [0.05, 0.1) is 37.1 Å². The quantitative estimate of drug-likeness (QED) is 0.156. The third kappa shape index (κ3) is 12.6. The van der Waals surface area contributed by atoms with Gasteiger partial charge < -0.3 is 35.3 Å². The molecule has 0 aromatic heterocycles. The summed E-state index contributed by atoms with van der Waals surface area (Å²) < 4.78 is 46.2. The molecule has 50 heavy (non-hydrogen) atoms. The Labute approximate surface area is 294 Å². The first kappa shape index (κ1) is 40.2. The molecule has 0 bridgehead atoms. The van der Waals surface area contributed by atoms with Gasteiger partial charge in [-0.05, 0) is 48.1 Å². The van der Waals surface area contributed by atoms with Crippen LogP contribution in [0.25, 0.3) is 0 Å². The Morgan fingerprint density at radius 1 is 0.960 bits per heavy atom. The zero-order valence-corrected chi connectivity index (χ0v) is 30.1. The third-order valence-electron chi connectivity index (χ3n) is 8.03. The molecular formula is C35H50N4O10S. The fourth-order valence-corrected chi connectivity index (χ4v) is 6.97. The highest BCUT2D eigenvalue weighted by atomic mass is 32.2. The van der Waals surface area contributed by atoms with Gasteiger partial charge in [0.15, 0.2) is 0 Å². The lowest BCUT2D eigenvalue weighted by molar-refractivity contribution is -0.152. The number of ether oxygens (including phenoxy) is 3. The predicted octanol–water partition coefficient (Wildman–Crippen LogP) is 3.42. The van der Waals surface area contributed by atoms with Gasteiger partial charge in [0.1, 0.15) is 18.2 Å². The van der Waals surface area contributed by atoms with E-state index in [0.29, 0.717) is 13.0 Å². The van der Waals surface area contributed by atoms with Gasteiger partial charge in [-0.2, -0.15) is 4.31 Å². The summed E-state index contributed by atoms with van der Waals surface area (Å²) in [5, 5.41) is 17.6. The molecule has 1 saturated heterocycles. The molecule has 3 rings (SSSR count). The Morgan fingerprint density at radius 2 is 1.64 bits per heavy atom. The second-order valence-electron chi connectivity index (χ2n) is 13.0. The molecule has 0 unspecified atom stereocenters. The molecule has 0 spiro atoms. The van der Waals surface area contributed by atoms with E-state index >= 15 is 0 Å². The van der Waals surface area contributed by atoms with Gasteiger partial charge in [-0.3, -0.25) is 9.59 Å². The lowest BCUT2D eigenvalue weighted by atomic mass is 10.0. The molecule has 4 N–H and O–H groups in total. The highest BCUT2D eigenvalue weighted by molar-refractivity contribution is 7.89. The average Bonchev–Trinajstić information content (AvgIpc) is 3.58. The first-order valence-electron chi connectivity index (χ1n) is 16.8. The molecule has 15 heteroatoms. The third-order valence-corrected chi connectivity index (χ3v) is 9.88. The maximum Gasteiger partial charge on any atom is 0.407 e. The summed E-state index contributed by atoms with van der Waals surface area (Å²) in [4.78, 5) is 50.8. The number of anilines is 1. The molecule has 14 nitrogen and oxygen atoms in total. The Morgan fingerprint density at radius 3 is 2.20 bits per heavy atom. The van der Waals surface area contributed by atoms with Crippen molar-refractivity contribution in [3.8, 4) is 0 Å². The second kappa shape index (κ2) is 19.3. The molecule has 2 aromatic rings. The van der Waals surface area contributed by atoms with Crippen molar-refractivity contribution in [1.82, 2.24) is 14.9 Å². The Kier molecular flexibility index (Phi) is 15.5. The number of carboxylic acid groups (broad SMARTS) is 1. The minimum atomic E-state index is -4.13. The first-order valence-corrected chi connectivity index (χ1v) is 18.2. The van der Waals surface area contributed by atoms with E-state index in [1.807, 2.05) is 44.2 Å². The van der Waals surface area contributed by atoms with Crippen molar-refractivity contribution in [3.63, 3.8) is 0 Å². The Hall–Kier alpha value is -4.21. The fourth-order valence-electron chi connectivity index (χ4n) is 5.36. The van der Waals surface area contributed by atoms with Crippen LogP contribution >= 0.6 is 0 Å². The van der Waals surface area contributed by atoms with Crippen molar-refractivity contribution in [3.05, 3.63) is 60.2 Å². The van der Waals surface area contributed by atoms with E-state index in [1.54, 1.807) is 33.0 Å². The summed E-state index contributed by atoms with van der Waals surface area (Å²) in [6, 6.07) is 13.2. The summed E-state index contributed by atoms with van der Waals surface area (Å²) >= 11 is 0. The van der Waals surface area contributed by atoms with Crippen molar-refractivity contribution < 1.29 is 46.9 Å². The minimum absolute atomic E-state index is 0.0326. The van der Waals surface area contributed by atoms with Gasteiger partial charge in [0.2, 0.25) is 15.9 Å². The molecule has 1 fully saturated rings. The lowest BCUT2D eigenvalue weighted by Crippen LogP contribution is -2.53. The highest BCUT2D eigenvalue weighted by Gasteiger charge is 2.36. The number of nitrogens with zero attached hydrogens (tertiary/aromatic N) is 1. The van der Waals surface area contributed by atoms with Crippen LogP contribution in [0.2, 0.25) is 0 Å². The lowest BCUT2D eigenvalue weighted by Gasteiger charge is -2.33. The standard InChI is InChI=1S/C35H50N4O10S/c1-23(2)20-39(50(45,46)28-13-11-26(36-5)12-14-28)21-30(49-32(41)16-15-31(40)38-33(24(3)4)34(42)43)29(19-25-9-7-6-8-10-25)37-35(44)48-27-17-18-47-22-27/h6-14,23-24,27,29-30,33,36H,15-22H2,1-5H3,(H,37,44)(H,38,40)(H,42,43)/t27-,29-,30+,33-/m0/s1. The Balaban J connectivity index is 1.95. The van der Waals surface area contributed by atoms with Gasteiger partial charge >= 0.3 is 18.0 Å². The summed E-state index contributed by atoms with van der Waals surface area (Å²) in [5.74, 6) is -3.21. The van der Waals surface area contributed by atoms with Crippen LogP contribution in [-0.4, -0.2) is 99.4 Å². The van der Waals surface area contributed by atoms with Gasteiger partial charge in [-0.25, -0.2) is 18.0 Å². The van der Waals surface area contributed by atoms with Crippen molar-refractivity contribution >= 4 is 39.6 Å². The van der Waals surface area contributed by atoms with Gasteiger partial charge in [0, 0.05) is 32.1 Å². The maximum absolute atomic E-state index is 14.1. The van der Waals surface area contributed by atoms with Crippen LogP contribution in [0.4, 0.5) is 10.5 Å². The highest BCUT2D eigenvalue weighted by Crippen LogP contribution is 2.22. The number of hydrogen-bond acceptors (Lipinski definition) is 10. The molecule has 0 aliphatic carbocycles. The van der Waals surface area contributed by atoms with Crippen molar-refractivity contribution in [2.75, 3.05) is 38.7 Å². The topological polar surface area (TPSA) is 190 Å². The van der Waals surface area contributed by atoms with Crippen molar-refractivity contribution in [1.29, 1.82) is 0 Å². The number of alkyl carbamates (subject to hydrolysis) is 1. The van der Waals surface area contributed by atoms with E-state index < -0.39 is 70.6 Å². The zero-order valence-electron chi connectivity index (χ0n) is 29.3. The number of esters is 1. The van der Waals surface area contributed by atoms with Gasteiger partial charge in [-0.1, -0.05) is 58.0 Å². The summed E-state index contributed by atoms with van der Waals surface area (Å²) in [6.07, 6.45) is -2.60. The van der Waals surface area contributed by atoms with Crippen LogP contribution < -0.4 is 16.0 Å². The summed E-state index contributed by atoms with van der Waals surface area (Å²) in [6.45, 7) is 7.43. The van der Waals surface area contributed by atoms with Crippen LogP contribution in [0.5, 0.6) is 0 Å². The first-order chi connectivity index (χ1) is 23.7. The minimum Gasteiger partial charge on any atom is -0.480 e. The molecule has 0 radical (unpaired) electrons. The van der Waals surface area contributed by atoms with E-state index in [1.165, 1.54) is 16.4 Å². The number of carbonyl (C=O) groups excluding carboxylic acids is 3. The number of hydrogen-bond donors (Lipinski definition) is 4. The molecule has 1 aliphatic heterocycles. The number of amides is 2. The monoisotopic (exact) mass is 718 g/mol. The van der Waals surface area contributed by atoms with E-state index in [2.05, 4.69) is 16.0 Å². The van der Waals surface area contributed by atoms with E-state index in [0.717, 1.165) is 11.3 Å². The van der Waals surface area contributed by atoms with Crippen LogP contribution in [0.1, 0.15) is 52.5 Å². The number of nitrogens with one attached hydrogen (secondary N) is 3. The summed E-state index contributed by atoms with van der Waals surface area (Å²) in [5.41, 5.74) is 1.49. The fraction of sp³-hybridized carbons (Fsp3) is 0.543. The SMILES string of the molecule is CNc1ccc(S(=O)(=O)N(CC(C)C)C[C@@H](OC(=O)CCC(=O)N[C@H](C(=O)O)C(C)C)[C@H](Cc2ccccc2)NC(=O)O[C@H]2CCOC2)cc1. The molecular weight excluding hydrogens is 668 g/mol. The van der Waals surface area contributed by atoms with E-state index in [-0.39, 0.29) is 43.4 Å². The number of benzene rings is 2. The van der Waals surface area contributed by atoms with Crippen LogP contribution in [0, 0.1) is 11.8 Å². The van der Waals surface area contributed by atoms with E-state index in [4.69, 9.17) is 14.2 Å². The predicted molar refractivity (Wildman–Crippen MR) is 186 cm³/mol. The van der Waals surface area contributed by atoms with Crippen molar-refractivity contribution in [2.24, 2.45) is 11.8 Å². The van der Waals surface area contributed by atoms with Crippen LogP contribution in [0.3, 0.4) is 0 Å². The Bertz CT molecular complexity index is 1510. The zero-order chi connectivity index (χ0) is 36.8. The van der Waals surface area contributed by atoms with Crippen LogP contribution in [0.15, 0.2) is 59.5 Å². The molecule has 1 aliphatic rings. The molecule has 1 heterocycles. The largest absolute Gasteiger partial charge is 0.480 e. The maximum atomic E-state index is 14.1. The van der Waals surface area contributed by atoms with Crippen LogP contribution in [-0.2, 0) is 45.0 Å². The number of carboxylic acids is 1.